The van der Waals surface area contributed by atoms with Crippen LogP contribution in [0.1, 0.15) is 46.5 Å². The second kappa shape index (κ2) is 5.89. The van der Waals surface area contributed by atoms with Gasteiger partial charge in [-0.1, -0.05) is 0 Å². The van der Waals surface area contributed by atoms with Gasteiger partial charge in [0.1, 0.15) is 0 Å². The molecule has 0 saturated heterocycles. The number of hydrogen-bond acceptors (Lipinski definition) is 3. The van der Waals surface area contributed by atoms with E-state index in [0.29, 0.717) is 18.0 Å². The molecular weight excluding hydrogens is 258 g/mol. The molecule has 1 N–H and O–H groups in total. The summed E-state index contributed by atoms with van der Waals surface area (Å²) in [6.45, 7) is 5.81. The predicted molar refractivity (Wildman–Crippen MR) is 73.4 cm³/mol. The molecule has 1 saturated carbocycles. The third-order valence-corrected chi connectivity index (χ3v) is 6.44. The van der Waals surface area contributed by atoms with E-state index in [1.54, 1.807) is 20.8 Å². The summed E-state index contributed by atoms with van der Waals surface area (Å²) in [5, 5.41) is 3.64. The maximum absolute atomic E-state index is 11.9. The summed E-state index contributed by atoms with van der Waals surface area (Å²) >= 11 is 6.02. The summed E-state index contributed by atoms with van der Waals surface area (Å²) in [4.78, 5) is 0. The topological polar surface area (TPSA) is 46.2 Å². The maximum Gasteiger partial charge on any atom is 0.156 e. The Morgan fingerprint density at radius 2 is 1.71 bits per heavy atom. The highest BCUT2D eigenvalue weighted by atomic mass is 35.5. The van der Waals surface area contributed by atoms with Gasteiger partial charge in [0.25, 0.3) is 0 Å². The van der Waals surface area contributed by atoms with Crippen LogP contribution in [0.3, 0.4) is 0 Å². The van der Waals surface area contributed by atoms with Gasteiger partial charge < -0.3 is 5.32 Å². The zero-order valence-electron chi connectivity index (χ0n) is 11.0. The van der Waals surface area contributed by atoms with Gasteiger partial charge in [-0.2, -0.15) is 0 Å². The highest BCUT2D eigenvalue weighted by Gasteiger charge is 2.28. The van der Waals surface area contributed by atoms with Crippen LogP contribution in [0.4, 0.5) is 0 Å². The monoisotopic (exact) mass is 281 g/mol. The Morgan fingerprint density at radius 3 is 2.18 bits per heavy atom. The summed E-state index contributed by atoms with van der Waals surface area (Å²) in [5.41, 5.74) is 0. The Hall–Kier alpha value is 0.200. The van der Waals surface area contributed by atoms with Crippen molar-refractivity contribution in [2.45, 2.75) is 62.6 Å². The molecule has 0 unspecified atom stereocenters. The summed E-state index contributed by atoms with van der Waals surface area (Å²) in [5.74, 6) is 0.220. The number of rotatable bonds is 4. The first-order valence-corrected chi connectivity index (χ1v) is 8.41. The molecule has 5 heteroatoms. The minimum absolute atomic E-state index is 0.220. The summed E-state index contributed by atoms with van der Waals surface area (Å²) in [7, 11) is -3.00. The van der Waals surface area contributed by atoms with Gasteiger partial charge >= 0.3 is 0 Å². The lowest BCUT2D eigenvalue weighted by Crippen LogP contribution is -2.39. The van der Waals surface area contributed by atoms with Gasteiger partial charge in [0.15, 0.2) is 9.84 Å². The molecule has 1 rings (SSSR count). The van der Waals surface area contributed by atoms with Crippen LogP contribution in [0.25, 0.3) is 0 Å². The van der Waals surface area contributed by atoms with Crippen LogP contribution in [0.2, 0.25) is 0 Å². The van der Waals surface area contributed by atoms with Gasteiger partial charge in [0.2, 0.25) is 0 Å². The average Bonchev–Trinajstić information content (AvgIpc) is 2.19. The second-order valence-electron chi connectivity index (χ2n) is 5.83. The highest BCUT2D eigenvalue weighted by molar-refractivity contribution is 7.92. The number of hydrogen-bond donors (Lipinski definition) is 1. The first-order valence-electron chi connectivity index (χ1n) is 6.32. The van der Waals surface area contributed by atoms with Gasteiger partial charge in [-0.3, -0.25) is 0 Å². The van der Waals surface area contributed by atoms with Gasteiger partial charge in [0, 0.05) is 18.0 Å². The van der Waals surface area contributed by atoms with Crippen LogP contribution in [0.5, 0.6) is 0 Å². The zero-order chi connectivity index (χ0) is 13.1. The van der Waals surface area contributed by atoms with E-state index in [1.165, 1.54) is 0 Å². The molecule has 0 aromatic heterocycles. The van der Waals surface area contributed by atoms with Gasteiger partial charge in [0.05, 0.1) is 10.5 Å². The summed E-state index contributed by atoms with van der Waals surface area (Å²) in [6, 6.07) is 0.445. The maximum atomic E-state index is 11.9. The normalized spacial score (nSPS) is 27.1. The fraction of sp³-hybridized carbons (Fsp3) is 1.00. The molecular formula is C12H24ClNO2S. The largest absolute Gasteiger partial charge is 0.313 e. The van der Waals surface area contributed by atoms with Crippen LogP contribution in [-0.2, 0) is 9.84 Å². The van der Waals surface area contributed by atoms with Crippen LogP contribution >= 0.6 is 11.6 Å². The first kappa shape index (κ1) is 15.3. The third kappa shape index (κ3) is 4.76. The Labute approximate surface area is 110 Å². The standard InChI is InChI=1S/C12H24ClNO2S/c1-12(2,3)17(15,16)9-8-14-11-6-4-10(13)5-7-11/h10-11,14H,4-9H2,1-3H3. The van der Waals surface area contributed by atoms with Gasteiger partial charge in [-0.05, 0) is 46.5 Å². The second-order valence-corrected chi connectivity index (χ2v) is 9.31. The molecule has 1 aliphatic rings. The van der Waals surface area contributed by atoms with Crippen molar-refractivity contribution in [1.82, 2.24) is 5.32 Å². The molecule has 0 aromatic rings. The molecule has 0 bridgehead atoms. The van der Waals surface area contributed by atoms with E-state index in [9.17, 15) is 8.42 Å². The first-order chi connectivity index (χ1) is 7.72. The number of nitrogens with one attached hydrogen (secondary N) is 1. The predicted octanol–water partition coefficient (Wildman–Crippen LogP) is 2.34. The lowest BCUT2D eigenvalue weighted by Gasteiger charge is -2.26. The van der Waals surface area contributed by atoms with E-state index in [0.717, 1.165) is 25.7 Å². The van der Waals surface area contributed by atoms with Crippen molar-refractivity contribution < 1.29 is 8.42 Å². The number of halogens is 1. The fourth-order valence-corrected chi connectivity index (χ4v) is 3.21. The van der Waals surface area contributed by atoms with Crippen molar-refractivity contribution in [3.63, 3.8) is 0 Å². The molecule has 0 radical (unpaired) electrons. The number of alkyl halides is 1. The molecule has 0 aliphatic heterocycles. The van der Waals surface area contributed by atoms with Crippen molar-refractivity contribution in [3.8, 4) is 0 Å². The van der Waals surface area contributed by atoms with Crippen molar-refractivity contribution in [2.24, 2.45) is 0 Å². The van der Waals surface area contributed by atoms with Crippen LogP contribution < -0.4 is 5.32 Å². The van der Waals surface area contributed by atoms with E-state index in [1.807, 2.05) is 0 Å². The van der Waals surface area contributed by atoms with E-state index in [2.05, 4.69) is 5.32 Å². The van der Waals surface area contributed by atoms with Gasteiger partial charge in [-0.15, -0.1) is 11.6 Å². The summed E-state index contributed by atoms with van der Waals surface area (Å²) < 4.78 is 23.1. The van der Waals surface area contributed by atoms with Crippen molar-refractivity contribution >= 4 is 21.4 Å². The quantitative estimate of drug-likeness (QED) is 0.805. The van der Waals surface area contributed by atoms with E-state index >= 15 is 0 Å². The molecule has 0 spiro atoms. The molecule has 1 aliphatic carbocycles. The lowest BCUT2D eigenvalue weighted by atomic mass is 9.95. The Balaban J connectivity index is 2.29. The Morgan fingerprint density at radius 1 is 1.18 bits per heavy atom. The highest BCUT2D eigenvalue weighted by Crippen LogP contribution is 2.22. The number of sulfone groups is 1. The minimum Gasteiger partial charge on any atom is -0.313 e. The molecule has 0 heterocycles. The molecule has 0 atom stereocenters. The van der Waals surface area contributed by atoms with Crippen LogP contribution in [-0.4, -0.2) is 36.9 Å². The average molecular weight is 282 g/mol. The fourth-order valence-electron chi connectivity index (χ4n) is 1.96. The smallest absolute Gasteiger partial charge is 0.156 e. The molecule has 102 valence electrons. The lowest BCUT2D eigenvalue weighted by molar-refractivity contribution is 0.384. The van der Waals surface area contributed by atoms with E-state index < -0.39 is 14.6 Å². The van der Waals surface area contributed by atoms with Gasteiger partial charge in [-0.25, -0.2) is 8.42 Å². The van der Waals surface area contributed by atoms with Crippen LogP contribution in [0.15, 0.2) is 0 Å². The molecule has 1 fully saturated rings. The molecule has 17 heavy (non-hydrogen) atoms. The SMILES string of the molecule is CC(C)(C)S(=O)(=O)CCNC1CCC(Cl)CC1. The Kier molecular flexibility index (Phi) is 5.29. The van der Waals surface area contributed by atoms with E-state index in [-0.39, 0.29) is 5.75 Å². The molecule has 0 amide bonds. The van der Waals surface area contributed by atoms with Crippen molar-refractivity contribution in [2.75, 3.05) is 12.3 Å². The van der Waals surface area contributed by atoms with E-state index in [4.69, 9.17) is 11.6 Å². The van der Waals surface area contributed by atoms with Crippen molar-refractivity contribution in [3.05, 3.63) is 0 Å². The third-order valence-electron chi connectivity index (χ3n) is 3.39. The summed E-state index contributed by atoms with van der Waals surface area (Å²) in [6.07, 6.45) is 4.18. The Bertz CT molecular complexity index is 327. The molecule has 3 nitrogen and oxygen atoms in total. The zero-order valence-corrected chi connectivity index (χ0v) is 12.6. The van der Waals surface area contributed by atoms with Crippen molar-refractivity contribution in [1.29, 1.82) is 0 Å². The molecule has 0 aromatic carbocycles. The van der Waals surface area contributed by atoms with Crippen LogP contribution in [0, 0.1) is 0 Å². The minimum atomic E-state index is -3.00.